The van der Waals surface area contributed by atoms with Crippen molar-refractivity contribution in [1.82, 2.24) is 4.72 Å². The van der Waals surface area contributed by atoms with Crippen LogP contribution < -0.4 is 4.72 Å². The second-order valence-corrected chi connectivity index (χ2v) is 13.5. The minimum atomic E-state index is -3.54. The molecule has 0 aromatic heterocycles. The summed E-state index contributed by atoms with van der Waals surface area (Å²) in [6.45, 7) is 6.30. The number of aryl methyl sites for hydroxylation is 1. The van der Waals surface area contributed by atoms with E-state index in [2.05, 4.69) is 48.9 Å². The molecule has 0 radical (unpaired) electrons. The van der Waals surface area contributed by atoms with Crippen LogP contribution in [0.15, 0.2) is 59.5 Å². The molecule has 0 amide bonds. The highest BCUT2D eigenvalue weighted by molar-refractivity contribution is 8.18. The lowest BCUT2D eigenvalue weighted by Crippen LogP contribution is -2.42. The third-order valence-corrected chi connectivity index (χ3v) is 10.2. The van der Waals surface area contributed by atoms with Gasteiger partial charge in [-0.1, -0.05) is 61.9 Å². The Bertz CT molecular complexity index is 890. The van der Waals surface area contributed by atoms with Gasteiger partial charge in [0.1, 0.15) is 0 Å². The van der Waals surface area contributed by atoms with Crippen molar-refractivity contribution in [3.05, 3.63) is 65.7 Å². The fourth-order valence-corrected chi connectivity index (χ4v) is 8.70. The van der Waals surface area contributed by atoms with Gasteiger partial charge in [0.25, 0.3) is 0 Å². The van der Waals surface area contributed by atoms with Crippen LogP contribution in [0.4, 0.5) is 0 Å². The molecule has 0 bridgehead atoms. The second-order valence-electron chi connectivity index (χ2n) is 8.59. The lowest BCUT2D eigenvalue weighted by molar-refractivity contribution is 0.426. The molecule has 1 saturated heterocycles. The van der Waals surface area contributed by atoms with E-state index in [9.17, 15) is 8.42 Å². The van der Waals surface area contributed by atoms with Crippen molar-refractivity contribution in [3.63, 3.8) is 0 Å². The molecule has 1 fully saturated rings. The van der Waals surface area contributed by atoms with Crippen molar-refractivity contribution in [1.29, 1.82) is 0 Å². The van der Waals surface area contributed by atoms with Gasteiger partial charge in [0, 0.05) is 6.04 Å². The van der Waals surface area contributed by atoms with Crippen LogP contribution in [0.3, 0.4) is 0 Å². The number of sulfonamides is 1. The molecule has 3 rings (SSSR count). The molecule has 2 aromatic carbocycles. The van der Waals surface area contributed by atoms with Crippen molar-refractivity contribution < 1.29 is 8.42 Å². The van der Waals surface area contributed by atoms with Gasteiger partial charge in [-0.15, -0.1) is 23.5 Å². The molecule has 1 heterocycles. The van der Waals surface area contributed by atoms with Crippen molar-refractivity contribution >= 4 is 33.5 Å². The first-order chi connectivity index (χ1) is 14.3. The third-order valence-electron chi connectivity index (χ3n) is 5.30. The monoisotopic (exact) mass is 463 g/mol. The molecule has 6 heteroatoms. The molecule has 1 aliphatic rings. The van der Waals surface area contributed by atoms with E-state index >= 15 is 0 Å². The van der Waals surface area contributed by atoms with Crippen LogP contribution in [0, 0.1) is 12.8 Å². The Kier molecular flexibility index (Phi) is 8.36. The summed E-state index contributed by atoms with van der Waals surface area (Å²) >= 11 is 4.03. The predicted octanol–water partition coefficient (Wildman–Crippen LogP) is 5.89. The Morgan fingerprint density at radius 3 is 2.23 bits per heavy atom. The van der Waals surface area contributed by atoms with Gasteiger partial charge in [0.2, 0.25) is 10.0 Å². The zero-order valence-corrected chi connectivity index (χ0v) is 20.6. The lowest BCUT2D eigenvalue weighted by atomic mass is 9.97. The normalized spacial score (nSPS) is 17.7. The molecule has 0 aliphatic carbocycles. The van der Waals surface area contributed by atoms with E-state index in [4.69, 9.17) is 0 Å². The summed E-state index contributed by atoms with van der Waals surface area (Å²) in [6, 6.07) is 17.6. The summed E-state index contributed by atoms with van der Waals surface area (Å²) < 4.78 is 29.3. The van der Waals surface area contributed by atoms with Crippen LogP contribution >= 0.6 is 23.5 Å². The highest BCUT2D eigenvalue weighted by Crippen LogP contribution is 2.48. The third kappa shape index (κ3) is 6.78. The molecule has 164 valence electrons. The zero-order valence-electron chi connectivity index (χ0n) is 18.1. The largest absolute Gasteiger partial charge is 0.240 e. The number of hydrogen-bond donors (Lipinski definition) is 1. The average molecular weight is 464 g/mol. The van der Waals surface area contributed by atoms with Gasteiger partial charge in [-0.25, -0.2) is 13.1 Å². The average Bonchev–Trinajstić information content (AvgIpc) is 2.68. The summed E-state index contributed by atoms with van der Waals surface area (Å²) in [4.78, 5) is 0.350. The van der Waals surface area contributed by atoms with Gasteiger partial charge < -0.3 is 0 Å². The minimum Gasteiger partial charge on any atom is -0.208 e. The number of rotatable bonds is 9. The van der Waals surface area contributed by atoms with Crippen molar-refractivity contribution in [2.24, 2.45) is 5.92 Å². The molecule has 0 unspecified atom stereocenters. The molecule has 0 saturated carbocycles. The summed E-state index contributed by atoms with van der Waals surface area (Å²) in [5, 5.41) is 0. The van der Waals surface area contributed by atoms with E-state index < -0.39 is 10.0 Å². The standard InChI is InChI=1S/C24H33NO2S3/c1-19(2)16-22(25-30(26,27)23-12-10-20(3)11-13-23)18-24(28-14-7-15-29-24)17-21-8-5-4-6-9-21/h4-6,8-13,19,22,25H,7,14-18H2,1-3H3/t22-/m0/s1. The van der Waals surface area contributed by atoms with Crippen LogP contribution in [0.25, 0.3) is 0 Å². The second kappa shape index (κ2) is 10.6. The van der Waals surface area contributed by atoms with E-state index in [1.165, 1.54) is 12.0 Å². The Morgan fingerprint density at radius 2 is 1.63 bits per heavy atom. The first kappa shape index (κ1) is 23.7. The van der Waals surface area contributed by atoms with Crippen molar-refractivity contribution in [3.8, 4) is 0 Å². The molecule has 0 spiro atoms. The Hall–Kier alpha value is -0.950. The number of nitrogens with one attached hydrogen (secondary N) is 1. The van der Waals surface area contributed by atoms with E-state index in [-0.39, 0.29) is 10.1 Å². The summed E-state index contributed by atoms with van der Waals surface area (Å²) in [7, 11) is -3.54. The first-order valence-electron chi connectivity index (χ1n) is 10.7. The number of benzene rings is 2. The lowest BCUT2D eigenvalue weighted by Gasteiger charge is -2.39. The number of hydrogen-bond acceptors (Lipinski definition) is 4. The Morgan fingerprint density at radius 1 is 1.00 bits per heavy atom. The summed E-state index contributed by atoms with van der Waals surface area (Å²) in [6.07, 6.45) is 3.85. The van der Waals surface area contributed by atoms with Crippen LogP contribution in [0.5, 0.6) is 0 Å². The van der Waals surface area contributed by atoms with Crippen LogP contribution in [-0.2, 0) is 16.4 Å². The quantitative estimate of drug-likeness (QED) is 0.504. The van der Waals surface area contributed by atoms with E-state index in [1.807, 2.05) is 42.6 Å². The molecule has 1 atom stereocenters. The van der Waals surface area contributed by atoms with E-state index in [0.29, 0.717) is 10.8 Å². The molecule has 1 N–H and O–H groups in total. The Balaban J connectivity index is 1.83. The van der Waals surface area contributed by atoms with Crippen molar-refractivity contribution in [2.45, 2.75) is 61.5 Å². The molecular weight excluding hydrogens is 430 g/mol. The summed E-state index contributed by atoms with van der Waals surface area (Å²) in [5.74, 6) is 2.70. The molecule has 2 aromatic rings. The molecule has 30 heavy (non-hydrogen) atoms. The summed E-state index contributed by atoms with van der Waals surface area (Å²) in [5.41, 5.74) is 2.38. The van der Waals surface area contributed by atoms with Crippen molar-refractivity contribution in [2.75, 3.05) is 11.5 Å². The van der Waals surface area contributed by atoms with Gasteiger partial charge in [-0.3, -0.25) is 0 Å². The van der Waals surface area contributed by atoms with E-state index in [1.54, 1.807) is 12.1 Å². The maximum atomic E-state index is 13.1. The zero-order chi connectivity index (χ0) is 21.6. The van der Waals surface area contributed by atoms with Crippen LogP contribution in [-0.4, -0.2) is 30.0 Å². The Labute approximate surface area is 190 Å². The topological polar surface area (TPSA) is 46.2 Å². The molecular formula is C24H33NO2S3. The molecule has 1 aliphatic heterocycles. The van der Waals surface area contributed by atoms with E-state index in [0.717, 1.165) is 36.3 Å². The van der Waals surface area contributed by atoms with Gasteiger partial charge in [0.15, 0.2) is 0 Å². The SMILES string of the molecule is Cc1ccc(S(=O)(=O)N[C@@H](CC(C)C)CC2(Cc3ccccc3)SCCCS2)cc1. The first-order valence-corrected chi connectivity index (χ1v) is 14.1. The number of thioether (sulfide) groups is 2. The van der Waals surface area contributed by atoms with Gasteiger partial charge in [-0.05, 0) is 67.7 Å². The van der Waals surface area contributed by atoms with Gasteiger partial charge in [-0.2, -0.15) is 0 Å². The fraction of sp³-hybridized carbons (Fsp3) is 0.500. The predicted molar refractivity (Wildman–Crippen MR) is 132 cm³/mol. The highest BCUT2D eigenvalue weighted by Gasteiger charge is 2.37. The van der Waals surface area contributed by atoms with Gasteiger partial charge in [0.05, 0.1) is 8.97 Å². The molecule has 3 nitrogen and oxygen atoms in total. The maximum Gasteiger partial charge on any atom is 0.240 e. The van der Waals surface area contributed by atoms with Crippen LogP contribution in [0.1, 0.15) is 44.2 Å². The van der Waals surface area contributed by atoms with Crippen LogP contribution in [0.2, 0.25) is 0 Å². The van der Waals surface area contributed by atoms with Gasteiger partial charge >= 0.3 is 0 Å². The fourth-order valence-electron chi connectivity index (χ4n) is 3.94. The smallest absolute Gasteiger partial charge is 0.208 e. The minimum absolute atomic E-state index is 0.00888. The maximum absolute atomic E-state index is 13.1. The highest BCUT2D eigenvalue weighted by atomic mass is 32.2.